The second-order valence-corrected chi connectivity index (χ2v) is 7.25. The second-order valence-electron chi connectivity index (χ2n) is 5.02. The molecular weight excluding hydrogens is 360 g/mol. The van der Waals surface area contributed by atoms with Gasteiger partial charge in [0.25, 0.3) is 0 Å². The summed E-state index contributed by atoms with van der Waals surface area (Å²) in [4.78, 5) is 14.2. The number of nitrogen functional groups attached to an aromatic ring is 1. The van der Waals surface area contributed by atoms with Gasteiger partial charge in [-0.25, -0.2) is 0 Å². The Bertz CT molecular complexity index is 708. The number of hydrogen-bond donors (Lipinski definition) is 1. The van der Waals surface area contributed by atoms with Gasteiger partial charge in [-0.2, -0.15) is 0 Å². The van der Waals surface area contributed by atoms with Crippen LogP contribution in [0.25, 0.3) is 0 Å². The number of aromatic nitrogens is 2. The molecule has 2 aromatic rings. The van der Waals surface area contributed by atoms with E-state index in [4.69, 9.17) is 15.2 Å². The molecule has 1 aromatic carbocycles. The first-order chi connectivity index (χ1) is 12.1. The normalized spacial score (nSPS) is 10.5. The number of ether oxygens (including phenoxy) is 2. The van der Waals surface area contributed by atoms with E-state index in [1.165, 1.54) is 23.1 Å². The van der Waals surface area contributed by atoms with Crippen LogP contribution < -0.4 is 15.2 Å². The van der Waals surface area contributed by atoms with Crippen LogP contribution in [0.1, 0.15) is 19.4 Å². The maximum absolute atomic E-state index is 12.5. The Morgan fingerprint density at radius 1 is 1.32 bits per heavy atom. The first kappa shape index (κ1) is 19.3. The van der Waals surface area contributed by atoms with E-state index in [2.05, 4.69) is 10.2 Å². The topological polar surface area (TPSA) is 90.6 Å². The minimum atomic E-state index is 0.0362. The molecule has 7 nitrogen and oxygen atoms in total. The van der Waals surface area contributed by atoms with Crippen LogP contribution >= 0.6 is 23.1 Å². The lowest BCUT2D eigenvalue weighted by atomic mass is 10.2. The molecule has 2 rings (SSSR count). The van der Waals surface area contributed by atoms with E-state index in [0.717, 1.165) is 5.56 Å². The first-order valence-corrected chi connectivity index (χ1v) is 9.66. The molecule has 0 aliphatic heterocycles. The van der Waals surface area contributed by atoms with Gasteiger partial charge in [-0.15, -0.1) is 10.2 Å². The SMILES string of the molecule is CCOc1ccc(CN(CC)C(=O)CSc2nnc(N)s2)cc1OC. The smallest absolute Gasteiger partial charge is 0.233 e. The van der Waals surface area contributed by atoms with Gasteiger partial charge < -0.3 is 20.1 Å². The Labute approximate surface area is 155 Å². The van der Waals surface area contributed by atoms with Crippen molar-refractivity contribution in [2.75, 3.05) is 31.7 Å². The van der Waals surface area contributed by atoms with Crippen LogP contribution in [0.15, 0.2) is 22.5 Å². The maximum Gasteiger partial charge on any atom is 0.233 e. The summed E-state index contributed by atoms with van der Waals surface area (Å²) in [6.07, 6.45) is 0. The van der Waals surface area contributed by atoms with Crippen LogP contribution in [0.2, 0.25) is 0 Å². The van der Waals surface area contributed by atoms with Crippen LogP contribution in [0.3, 0.4) is 0 Å². The molecule has 1 amide bonds. The van der Waals surface area contributed by atoms with Crippen LogP contribution in [-0.2, 0) is 11.3 Å². The predicted molar refractivity (Wildman–Crippen MR) is 100 cm³/mol. The number of thioether (sulfide) groups is 1. The minimum Gasteiger partial charge on any atom is -0.493 e. The first-order valence-electron chi connectivity index (χ1n) is 7.86. The van der Waals surface area contributed by atoms with Crippen molar-refractivity contribution in [2.24, 2.45) is 0 Å². The molecule has 0 unspecified atom stereocenters. The summed E-state index contributed by atoms with van der Waals surface area (Å²) in [6.45, 7) is 5.58. The molecule has 0 saturated carbocycles. The third kappa shape index (κ3) is 5.50. The number of nitrogens with zero attached hydrogens (tertiary/aromatic N) is 3. The number of amides is 1. The third-order valence-corrected chi connectivity index (χ3v) is 5.25. The van der Waals surface area contributed by atoms with Gasteiger partial charge in [0.05, 0.1) is 19.5 Å². The minimum absolute atomic E-state index is 0.0362. The highest BCUT2D eigenvalue weighted by molar-refractivity contribution is 8.01. The van der Waals surface area contributed by atoms with E-state index in [-0.39, 0.29) is 5.91 Å². The van der Waals surface area contributed by atoms with Gasteiger partial charge in [0, 0.05) is 13.1 Å². The Morgan fingerprint density at radius 2 is 2.12 bits per heavy atom. The molecule has 0 fully saturated rings. The molecule has 0 aliphatic carbocycles. The Balaban J connectivity index is 1.99. The zero-order chi connectivity index (χ0) is 18.2. The summed E-state index contributed by atoms with van der Waals surface area (Å²) in [5, 5.41) is 8.06. The third-order valence-electron chi connectivity index (χ3n) is 3.38. The van der Waals surface area contributed by atoms with Gasteiger partial charge in [0.15, 0.2) is 15.8 Å². The molecule has 2 N–H and O–H groups in total. The average Bonchev–Trinajstić information content (AvgIpc) is 3.04. The number of methoxy groups -OCH3 is 1. The fourth-order valence-corrected chi connectivity index (χ4v) is 3.71. The zero-order valence-corrected chi connectivity index (χ0v) is 16.2. The van der Waals surface area contributed by atoms with Crippen LogP contribution in [0.4, 0.5) is 5.13 Å². The summed E-state index contributed by atoms with van der Waals surface area (Å²) < 4.78 is 11.6. The number of anilines is 1. The Morgan fingerprint density at radius 3 is 2.72 bits per heavy atom. The molecule has 136 valence electrons. The number of benzene rings is 1. The highest BCUT2D eigenvalue weighted by atomic mass is 32.2. The number of carbonyl (C=O) groups is 1. The van der Waals surface area contributed by atoms with Crippen molar-refractivity contribution in [3.05, 3.63) is 23.8 Å². The van der Waals surface area contributed by atoms with E-state index in [1.807, 2.05) is 32.0 Å². The quantitative estimate of drug-likeness (QED) is 0.667. The monoisotopic (exact) mass is 382 g/mol. The standard InChI is InChI=1S/C16H22N4O3S2/c1-4-20(14(21)10-24-16-19-18-15(17)25-16)9-11-6-7-12(23-5-2)13(8-11)22-3/h6-8H,4-5,9-10H2,1-3H3,(H2,17,18). The number of rotatable bonds is 9. The van der Waals surface area contributed by atoms with Gasteiger partial charge in [-0.05, 0) is 31.5 Å². The van der Waals surface area contributed by atoms with E-state index in [0.29, 0.717) is 46.4 Å². The van der Waals surface area contributed by atoms with Crippen LogP contribution in [0.5, 0.6) is 11.5 Å². The van der Waals surface area contributed by atoms with Crippen molar-refractivity contribution in [1.82, 2.24) is 15.1 Å². The molecule has 9 heteroatoms. The molecule has 0 atom stereocenters. The van der Waals surface area contributed by atoms with Crippen LogP contribution in [-0.4, -0.2) is 47.0 Å². The summed E-state index contributed by atoms with van der Waals surface area (Å²) in [7, 11) is 1.61. The number of hydrogen-bond acceptors (Lipinski definition) is 8. The molecule has 25 heavy (non-hydrogen) atoms. The van der Waals surface area contributed by atoms with Crippen molar-refractivity contribution in [3.63, 3.8) is 0 Å². The largest absolute Gasteiger partial charge is 0.493 e. The summed E-state index contributed by atoms with van der Waals surface area (Å²) >= 11 is 2.63. The van der Waals surface area contributed by atoms with Crippen LogP contribution in [0, 0.1) is 0 Å². The van der Waals surface area contributed by atoms with Crippen molar-refractivity contribution < 1.29 is 14.3 Å². The molecule has 0 bridgehead atoms. The zero-order valence-electron chi connectivity index (χ0n) is 14.5. The van der Waals surface area contributed by atoms with Crippen molar-refractivity contribution in [2.45, 2.75) is 24.7 Å². The molecule has 0 radical (unpaired) electrons. The van der Waals surface area contributed by atoms with Gasteiger partial charge in [-0.3, -0.25) is 4.79 Å². The molecule has 0 saturated heterocycles. The highest BCUT2D eigenvalue weighted by Crippen LogP contribution is 2.29. The maximum atomic E-state index is 12.5. The molecule has 0 aliphatic rings. The van der Waals surface area contributed by atoms with Crippen molar-refractivity contribution in [1.29, 1.82) is 0 Å². The van der Waals surface area contributed by atoms with E-state index in [9.17, 15) is 4.79 Å². The average molecular weight is 383 g/mol. The van der Waals surface area contributed by atoms with E-state index < -0.39 is 0 Å². The van der Waals surface area contributed by atoms with Gasteiger partial charge in [-0.1, -0.05) is 29.2 Å². The Kier molecular flexibility index (Phi) is 7.32. The lowest BCUT2D eigenvalue weighted by Gasteiger charge is -2.21. The number of nitrogens with two attached hydrogens (primary N) is 1. The summed E-state index contributed by atoms with van der Waals surface area (Å²) in [5.74, 6) is 1.71. The molecule has 1 aromatic heterocycles. The lowest BCUT2D eigenvalue weighted by molar-refractivity contribution is -0.128. The molecule has 1 heterocycles. The lowest BCUT2D eigenvalue weighted by Crippen LogP contribution is -2.31. The Hall–Kier alpha value is -2.00. The van der Waals surface area contributed by atoms with Crippen molar-refractivity contribution >= 4 is 34.1 Å². The van der Waals surface area contributed by atoms with E-state index >= 15 is 0 Å². The summed E-state index contributed by atoms with van der Waals surface area (Å²) in [5.41, 5.74) is 6.54. The van der Waals surface area contributed by atoms with Gasteiger partial charge in [0.1, 0.15) is 0 Å². The van der Waals surface area contributed by atoms with E-state index in [1.54, 1.807) is 12.0 Å². The number of carbonyl (C=O) groups excluding carboxylic acids is 1. The summed E-state index contributed by atoms with van der Waals surface area (Å²) in [6, 6.07) is 5.72. The van der Waals surface area contributed by atoms with Gasteiger partial charge >= 0.3 is 0 Å². The second kappa shape index (κ2) is 9.47. The molecular formula is C16H22N4O3S2. The van der Waals surface area contributed by atoms with Gasteiger partial charge in [0.2, 0.25) is 11.0 Å². The fourth-order valence-electron chi connectivity index (χ4n) is 2.18. The fraction of sp³-hybridized carbons (Fsp3) is 0.438. The van der Waals surface area contributed by atoms with Crippen molar-refractivity contribution in [3.8, 4) is 11.5 Å². The predicted octanol–water partition coefficient (Wildman–Crippen LogP) is 2.67. The molecule has 0 spiro atoms. The highest BCUT2D eigenvalue weighted by Gasteiger charge is 2.15.